The highest BCUT2D eigenvalue weighted by Crippen LogP contribution is 2.25. The molecule has 4 nitrogen and oxygen atoms in total. The molecule has 0 unspecified atom stereocenters. The Hall–Kier alpha value is -1.93. The number of hydrogen-bond donors (Lipinski definition) is 1. The SMILES string of the molecule is O=C(COC(=O)c1ccc(SC(F)F)cc1)NCCc1cccs1. The van der Waals surface area contributed by atoms with Gasteiger partial charge >= 0.3 is 5.97 Å². The minimum Gasteiger partial charge on any atom is -0.452 e. The van der Waals surface area contributed by atoms with Crippen LogP contribution in [-0.4, -0.2) is 30.8 Å². The van der Waals surface area contributed by atoms with Crippen LogP contribution < -0.4 is 5.32 Å². The van der Waals surface area contributed by atoms with Crippen LogP contribution in [0.3, 0.4) is 0 Å². The molecule has 1 amide bonds. The van der Waals surface area contributed by atoms with Crippen molar-refractivity contribution in [1.82, 2.24) is 5.32 Å². The van der Waals surface area contributed by atoms with Gasteiger partial charge in [0.05, 0.1) is 5.56 Å². The topological polar surface area (TPSA) is 55.4 Å². The van der Waals surface area contributed by atoms with E-state index in [0.29, 0.717) is 23.2 Å². The third kappa shape index (κ3) is 6.29. The van der Waals surface area contributed by atoms with Crippen LogP contribution in [0.1, 0.15) is 15.2 Å². The van der Waals surface area contributed by atoms with Gasteiger partial charge in [0.15, 0.2) is 6.61 Å². The fraction of sp³-hybridized carbons (Fsp3) is 0.250. The summed E-state index contributed by atoms with van der Waals surface area (Å²) in [5.41, 5.74) is 0.208. The van der Waals surface area contributed by atoms with Crippen molar-refractivity contribution in [3.63, 3.8) is 0 Å². The van der Waals surface area contributed by atoms with E-state index >= 15 is 0 Å². The number of halogens is 2. The minimum absolute atomic E-state index is 0.208. The third-order valence-corrected chi connectivity index (χ3v) is 4.58. The highest BCUT2D eigenvalue weighted by atomic mass is 32.2. The fourth-order valence-corrected chi connectivity index (χ4v) is 3.03. The zero-order valence-electron chi connectivity index (χ0n) is 12.5. The number of thiophene rings is 1. The van der Waals surface area contributed by atoms with Crippen molar-refractivity contribution in [1.29, 1.82) is 0 Å². The van der Waals surface area contributed by atoms with Gasteiger partial charge in [-0.3, -0.25) is 4.79 Å². The number of nitrogens with one attached hydrogen (secondary N) is 1. The van der Waals surface area contributed by atoms with E-state index in [9.17, 15) is 18.4 Å². The Morgan fingerprint density at radius 1 is 1.21 bits per heavy atom. The summed E-state index contributed by atoms with van der Waals surface area (Å²) < 4.78 is 29.3. The van der Waals surface area contributed by atoms with Gasteiger partial charge in [0, 0.05) is 16.3 Å². The molecule has 1 aromatic heterocycles. The minimum atomic E-state index is -2.51. The molecule has 24 heavy (non-hydrogen) atoms. The second-order valence-electron chi connectivity index (χ2n) is 4.66. The average molecular weight is 371 g/mol. The van der Waals surface area contributed by atoms with Crippen LogP contribution in [0.5, 0.6) is 0 Å². The molecule has 128 valence electrons. The van der Waals surface area contributed by atoms with Gasteiger partial charge in [-0.25, -0.2) is 4.79 Å². The molecule has 0 bridgehead atoms. The molecule has 0 aliphatic heterocycles. The van der Waals surface area contributed by atoms with E-state index in [0.717, 1.165) is 11.3 Å². The Morgan fingerprint density at radius 2 is 1.96 bits per heavy atom. The molecule has 0 aliphatic rings. The van der Waals surface area contributed by atoms with Gasteiger partial charge in [0.2, 0.25) is 0 Å². The Balaban J connectivity index is 1.70. The molecule has 0 saturated heterocycles. The van der Waals surface area contributed by atoms with Crippen molar-refractivity contribution in [2.75, 3.05) is 13.2 Å². The number of carbonyl (C=O) groups is 2. The molecule has 2 rings (SSSR count). The number of hydrogen-bond acceptors (Lipinski definition) is 5. The molecule has 2 aromatic rings. The van der Waals surface area contributed by atoms with Crippen molar-refractivity contribution >= 4 is 35.0 Å². The maximum atomic E-state index is 12.2. The molecule has 0 aliphatic carbocycles. The van der Waals surface area contributed by atoms with Crippen LogP contribution in [0.2, 0.25) is 0 Å². The highest BCUT2D eigenvalue weighted by molar-refractivity contribution is 7.99. The van der Waals surface area contributed by atoms with Crippen LogP contribution >= 0.6 is 23.1 Å². The van der Waals surface area contributed by atoms with Crippen LogP contribution in [0.25, 0.3) is 0 Å². The number of thioether (sulfide) groups is 1. The average Bonchev–Trinajstić information content (AvgIpc) is 3.06. The number of carbonyl (C=O) groups excluding carboxylic acids is 2. The Labute approximate surface area is 146 Å². The summed E-state index contributed by atoms with van der Waals surface area (Å²) in [4.78, 5) is 24.9. The predicted octanol–water partition coefficient (Wildman–Crippen LogP) is 3.58. The second-order valence-corrected chi connectivity index (χ2v) is 6.75. The normalized spacial score (nSPS) is 10.6. The van der Waals surface area contributed by atoms with E-state index in [4.69, 9.17) is 4.74 Å². The standard InChI is InChI=1S/C16H15F2NO3S2/c17-16(18)24-13-5-3-11(4-6-13)15(21)22-10-14(20)19-8-7-12-2-1-9-23-12/h1-6,9,16H,7-8,10H2,(H,19,20). The fourth-order valence-electron chi connectivity index (χ4n) is 1.82. The first-order valence-electron chi connectivity index (χ1n) is 7.05. The maximum Gasteiger partial charge on any atom is 0.338 e. The molecule has 0 fully saturated rings. The first-order chi connectivity index (χ1) is 11.5. The first-order valence-corrected chi connectivity index (χ1v) is 8.81. The summed E-state index contributed by atoms with van der Waals surface area (Å²) in [6.07, 6.45) is 0.723. The van der Waals surface area contributed by atoms with Crippen molar-refractivity contribution in [2.45, 2.75) is 17.1 Å². The molecule has 1 heterocycles. The van der Waals surface area contributed by atoms with E-state index in [1.807, 2.05) is 17.5 Å². The lowest BCUT2D eigenvalue weighted by atomic mass is 10.2. The first kappa shape index (κ1) is 18.4. The van der Waals surface area contributed by atoms with Gasteiger partial charge in [-0.15, -0.1) is 11.3 Å². The summed E-state index contributed by atoms with van der Waals surface area (Å²) in [5.74, 6) is -3.57. The molecule has 0 atom stereocenters. The predicted molar refractivity (Wildman–Crippen MR) is 89.6 cm³/mol. The van der Waals surface area contributed by atoms with Crippen LogP contribution in [0, 0.1) is 0 Å². The number of ether oxygens (including phenoxy) is 1. The van der Waals surface area contributed by atoms with Gasteiger partial charge in [-0.2, -0.15) is 8.78 Å². The van der Waals surface area contributed by atoms with Gasteiger partial charge in [0.25, 0.3) is 11.7 Å². The molecular weight excluding hydrogens is 356 g/mol. The second kappa shape index (κ2) is 9.39. The summed E-state index contributed by atoms with van der Waals surface area (Å²) in [5, 5.41) is 4.62. The van der Waals surface area contributed by atoms with Gasteiger partial charge in [-0.05, 0) is 42.1 Å². The van der Waals surface area contributed by atoms with Crippen LogP contribution in [-0.2, 0) is 16.0 Å². The van der Waals surface area contributed by atoms with Crippen molar-refractivity contribution in [2.24, 2.45) is 0 Å². The molecule has 0 spiro atoms. The Morgan fingerprint density at radius 3 is 2.58 bits per heavy atom. The van der Waals surface area contributed by atoms with Crippen molar-refractivity contribution in [3.05, 3.63) is 52.2 Å². The number of esters is 1. The molecular formula is C16H15F2NO3S2. The number of benzene rings is 1. The summed E-state index contributed by atoms with van der Waals surface area (Å²) in [6.45, 7) is 0.0905. The quantitative estimate of drug-likeness (QED) is 0.569. The van der Waals surface area contributed by atoms with E-state index in [-0.39, 0.29) is 18.1 Å². The monoisotopic (exact) mass is 371 g/mol. The molecule has 1 N–H and O–H groups in total. The van der Waals surface area contributed by atoms with Gasteiger partial charge < -0.3 is 10.1 Å². The largest absolute Gasteiger partial charge is 0.452 e. The lowest BCUT2D eigenvalue weighted by Gasteiger charge is -2.07. The smallest absolute Gasteiger partial charge is 0.338 e. The van der Waals surface area contributed by atoms with E-state index in [2.05, 4.69) is 5.32 Å². The summed E-state index contributed by atoms with van der Waals surface area (Å²) in [6, 6.07) is 9.52. The summed E-state index contributed by atoms with van der Waals surface area (Å²) in [7, 11) is 0. The van der Waals surface area contributed by atoms with E-state index in [1.165, 1.54) is 24.3 Å². The third-order valence-electron chi connectivity index (χ3n) is 2.92. The van der Waals surface area contributed by atoms with Gasteiger partial charge in [0.1, 0.15) is 0 Å². The van der Waals surface area contributed by atoms with Crippen LogP contribution in [0.15, 0.2) is 46.7 Å². The Bertz CT molecular complexity index is 660. The number of amides is 1. The number of alkyl halides is 2. The van der Waals surface area contributed by atoms with E-state index in [1.54, 1.807) is 11.3 Å². The maximum absolute atomic E-state index is 12.2. The van der Waals surface area contributed by atoms with Crippen molar-refractivity contribution < 1.29 is 23.1 Å². The molecule has 8 heteroatoms. The van der Waals surface area contributed by atoms with Gasteiger partial charge in [-0.1, -0.05) is 17.8 Å². The van der Waals surface area contributed by atoms with Crippen molar-refractivity contribution in [3.8, 4) is 0 Å². The molecule has 0 saturated carbocycles. The zero-order chi connectivity index (χ0) is 17.4. The van der Waals surface area contributed by atoms with Crippen LogP contribution in [0.4, 0.5) is 8.78 Å². The molecule has 1 aromatic carbocycles. The number of rotatable bonds is 8. The summed E-state index contributed by atoms with van der Waals surface area (Å²) >= 11 is 2.01. The van der Waals surface area contributed by atoms with E-state index < -0.39 is 11.7 Å². The Kier molecular flexibility index (Phi) is 7.20. The molecule has 0 radical (unpaired) electrons. The zero-order valence-corrected chi connectivity index (χ0v) is 14.2. The lowest BCUT2D eigenvalue weighted by molar-refractivity contribution is -0.124. The lowest BCUT2D eigenvalue weighted by Crippen LogP contribution is -2.30. The highest BCUT2D eigenvalue weighted by Gasteiger charge is 2.11.